The molecule has 0 aliphatic carbocycles. The van der Waals surface area contributed by atoms with Crippen molar-refractivity contribution in [3.8, 4) is 0 Å². The Balaban J connectivity index is 0. The lowest BCUT2D eigenvalue weighted by molar-refractivity contribution is 0.0457. The molecule has 0 unspecified atom stereocenters. The Kier molecular flexibility index (Phi) is 23.1. The summed E-state index contributed by atoms with van der Waals surface area (Å²) < 4.78 is 10.7. The van der Waals surface area contributed by atoms with Crippen LogP contribution in [0.15, 0.2) is 0 Å². The van der Waals surface area contributed by atoms with Gasteiger partial charge in [-0.15, -0.1) is 0 Å². The van der Waals surface area contributed by atoms with Crippen LogP contribution < -0.4 is 0 Å². The van der Waals surface area contributed by atoms with Crippen molar-refractivity contribution in [2.75, 3.05) is 39.6 Å². The average Bonchev–Trinajstić information content (AvgIpc) is 2.33. The monoisotopic (exact) mass is 236 g/mol. The number of hydrogen-bond acceptors (Lipinski definition) is 4. The predicted octanol–water partition coefficient (Wildman–Crippen LogP) is 1.59. The van der Waals surface area contributed by atoms with Crippen LogP contribution in [0.4, 0.5) is 0 Å². The molecule has 0 spiro atoms. The highest BCUT2D eigenvalue weighted by molar-refractivity contribution is 4.35. The van der Waals surface area contributed by atoms with Gasteiger partial charge in [-0.05, 0) is 12.8 Å². The molecule has 2 N–H and O–H groups in total. The van der Waals surface area contributed by atoms with E-state index in [2.05, 4.69) is 13.8 Å². The van der Waals surface area contributed by atoms with Gasteiger partial charge in [0.25, 0.3) is 0 Å². The zero-order valence-electron chi connectivity index (χ0n) is 10.8. The summed E-state index contributed by atoms with van der Waals surface area (Å²) in [5, 5.41) is 15.2. The van der Waals surface area contributed by atoms with Crippen molar-refractivity contribution in [3.05, 3.63) is 0 Å². The van der Waals surface area contributed by atoms with Gasteiger partial charge in [0.1, 0.15) is 0 Å². The molecule has 4 heteroatoms. The first kappa shape index (κ1) is 18.2. The van der Waals surface area contributed by atoms with Crippen molar-refractivity contribution in [2.45, 2.75) is 39.5 Å². The Morgan fingerprint density at radius 3 is 1.31 bits per heavy atom. The summed E-state index contributed by atoms with van der Waals surface area (Å²) in [6, 6.07) is 0. The molecule has 100 valence electrons. The second-order valence-corrected chi connectivity index (χ2v) is 3.38. The van der Waals surface area contributed by atoms with Gasteiger partial charge in [0.05, 0.1) is 26.4 Å². The molecule has 0 fully saturated rings. The molecule has 0 aromatic rings. The summed E-state index contributed by atoms with van der Waals surface area (Å²) in [6.45, 7) is 7.36. The molecule has 0 radical (unpaired) electrons. The fourth-order valence-electron chi connectivity index (χ4n) is 0.815. The second-order valence-electron chi connectivity index (χ2n) is 3.38. The van der Waals surface area contributed by atoms with Crippen LogP contribution in [0.1, 0.15) is 39.5 Å². The van der Waals surface area contributed by atoms with Crippen LogP contribution in [0.2, 0.25) is 0 Å². The van der Waals surface area contributed by atoms with E-state index >= 15 is 0 Å². The molecule has 0 aromatic heterocycles. The van der Waals surface area contributed by atoms with Crippen molar-refractivity contribution in [3.63, 3.8) is 0 Å². The highest BCUT2D eigenvalue weighted by atomic mass is 16.5. The molecule has 0 aromatic carbocycles. The van der Waals surface area contributed by atoms with Crippen LogP contribution in [0.5, 0.6) is 0 Å². The van der Waals surface area contributed by atoms with Gasteiger partial charge in [-0.25, -0.2) is 0 Å². The molecule has 0 rings (SSSR count). The van der Waals surface area contributed by atoms with Crippen molar-refractivity contribution >= 4 is 0 Å². The Bertz CT molecular complexity index is 87.0. The van der Waals surface area contributed by atoms with Crippen molar-refractivity contribution in [1.82, 2.24) is 0 Å². The largest absolute Gasteiger partial charge is 0.394 e. The minimum atomic E-state index is -0.125. The van der Waals surface area contributed by atoms with Crippen molar-refractivity contribution in [1.29, 1.82) is 0 Å². The number of ether oxygens (including phenoxy) is 2. The maximum absolute atomic E-state index is 7.62. The Morgan fingerprint density at radius 2 is 1.06 bits per heavy atom. The molecule has 0 saturated heterocycles. The smallest absolute Gasteiger partial charge is 0.0700 e. The fraction of sp³-hybridized carbons (Fsp3) is 1.00. The van der Waals surface area contributed by atoms with E-state index in [-0.39, 0.29) is 13.2 Å². The maximum atomic E-state index is 7.62. The minimum Gasteiger partial charge on any atom is -0.394 e. The van der Waals surface area contributed by atoms with Gasteiger partial charge < -0.3 is 19.7 Å². The minimum absolute atomic E-state index is 0.125. The lowest BCUT2D eigenvalue weighted by atomic mass is 10.4. The molecule has 0 amide bonds. The maximum Gasteiger partial charge on any atom is 0.0700 e. The van der Waals surface area contributed by atoms with E-state index in [0.29, 0.717) is 0 Å². The first-order chi connectivity index (χ1) is 7.83. The van der Waals surface area contributed by atoms with Crippen LogP contribution in [0.25, 0.3) is 0 Å². The van der Waals surface area contributed by atoms with Crippen LogP contribution in [0, 0.1) is 0 Å². The van der Waals surface area contributed by atoms with E-state index in [0.717, 1.165) is 39.3 Å². The van der Waals surface area contributed by atoms with Crippen molar-refractivity contribution < 1.29 is 19.7 Å². The van der Waals surface area contributed by atoms with Gasteiger partial charge in [0.15, 0.2) is 0 Å². The molecule has 0 heterocycles. The van der Waals surface area contributed by atoms with Gasteiger partial charge in [0, 0.05) is 13.2 Å². The van der Waals surface area contributed by atoms with E-state index in [1.165, 1.54) is 12.8 Å². The quantitative estimate of drug-likeness (QED) is 0.566. The van der Waals surface area contributed by atoms with Crippen LogP contribution in [-0.2, 0) is 9.47 Å². The number of aliphatic hydroxyl groups is 2. The summed E-state index contributed by atoms with van der Waals surface area (Å²) in [6.07, 6.45) is 4.73. The van der Waals surface area contributed by atoms with Gasteiger partial charge in [-0.1, -0.05) is 26.7 Å². The normalized spacial score (nSPS) is 9.75. The van der Waals surface area contributed by atoms with Crippen molar-refractivity contribution in [2.24, 2.45) is 0 Å². The van der Waals surface area contributed by atoms with E-state index in [9.17, 15) is 0 Å². The fourth-order valence-corrected chi connectivity index (χ4v) is 0.815. The first-order valence-corrected chi connectivity index (χ1v) is 6.20. The molecule has 0 saturated carbocycles. The van der Waals surface area contributed by atoms with Gasteiger partial charge in [0.2, 0.25) is 0 Å². The summed E-state index contributed by atoms with van der Waals surface area (Å²) in [4.78, 5) is 0. The first-order valence-electron chi connectivity index (χ1n) is 6.20. The third-order valence-corrected chi connectivity index (χ3v) is 1.76. The summed E-state index contributed by atoms with van der Waals surface area (Å²) in [5.74, 6) is 0. The molecule has 0 aliphatic heterocycles. The lowest BCUT2D eigenvalue weighted by Gasteiger charge is -2.03. The third-order valence-electron chi connectivity index (χ3n) is 1.76. The zero-order chi connectivity index (χ0) is 12.5. The Morgan fingerprint density at radius 1 is 0.688 bits per heavy atom. The topological polar surface area (TPSA) is 58.9 Å². The predicted molar refractivity (Wildman–Crippen MR) is 65.6 cm³/mol. The number of hydrogen-bond donors (Lipinski definition) is 2. The number of rotatable bonds is 10. The van der Waals surface area contributed by atoms with Crippen LogP contribution >= 0.6 is 0 Å². The Hall–Kier alpha value is -0.160. The highest BCUT2D eigenvalue weighted by Gasteiger charge is 1.88. The molecule has 4 nitrogen and oxygen atoms in total. The van der Waals surface area contributed by atoms with Gasteiger partial charge >= 0.3 is 0 Å². The molecule has 0 bridgehead atoms. The third kappa shape index (κ3) is 23.6. The molecular formula is C12H28O4. The SMILES string of the molecule is CCCCOCCOCCCC.OCCO. The standard InChI is InChI=1S/C10H22O2.C2H6O2/c1-3-5-7-11-9-10-12-8-6-4-2;3-1-2-4/h3-10H2,1-2H3;3-4H,1-2H2. The van der Waals surface area contributed by atoms with Gasteiger partial charge in [-0.3, -0.25) is 0 Å². The molecule has 16 heavy (non-hydrogen) atoms. The Labute approximate surface area is 99.6 Å². The van der Waals surface area contributed by atoms with E-state index in [1.54, 1.807) is 0 Å². The van der Waals surface area contributed by atoms with E-state index in [4.69, 9.17) is 19.7 Å². The molecular weight excluding hydrogens is 208 g/mol. The zero-order valence-corrected chi connectivity index (χ0v) is 10.8. The highest BCUT2D eigenvalue weighted by Crippen LogP contribution is 1.90. The van der Waals surface area contributed by atoms with Crippen LogP contribution in [0.3, 0.4) is 0 Å². The summed E-state index contributed by atoms with van der Waals surface area (Å²) in [5.41, 5.74) is 0. The van der Waals surface area contributed by atoms with E-state index < -0.39 is 0 Å². The van der Waals surface area contributed by atoms with Crippen LogP contribution in [-0.4, -0.2) is 49.9 Å². The average molecular weight is 236 g/mol. The number of aliphatic hydroxyl groups excluding tert-OH is 2. The lowest BCUT2D eigenvalue weighted by Crippen LogP contribution is -2.05. The molecule has 0 aliphatic rings. The second kappa shape index (κ2) is 20.3. The summed E-state index contributed by atoms with van der Waals surface area (Å²) >= 11 is 0. The molecule has 0 atom stereocenters. The number of unbranched alkanes of at least 4 members (excludes halogenated alkanes) is 2. The summed E-state index contributed by atoms with van der Waals surface area (Å²) in [7, 11) is 0. The van der Waals surface area contributed by atoms with Gasteiger partial charge in [-0.2, -0.15) is 0 Å². The van der Waals surface area contributed by atoms with E-state index in [1.807, 2.05) is 0 Å².